The van der Waals surface area contributed by atoms with E-state index in [4.69, 9.17) is 4.74 Å². The highest BCUT2D eigenvalue weighted by Crippen LogP contribution is 2.47. The standard InChI is InChI=1S/C48H51FN4O5/c1-30-2-17-44(46(55)50-30)53-47(56)42-15-7-34(29-43(42)48(53)57)31-18-24-52(25-19-31)37-20-22-51(23-21-37)26-27-58-39-12-5-33(6-13-39)45-40(32-3-9-36(49)10-4-32)14-8-35-28-38(54)11-16-41(35)45/h3-7,9-13,15-16,28-29,31,37,40,44-45,54H,1-2,8,14,17-27H2,(H,50,55)/t40-,44?,45+/m1/s1. The summed E-state index contributed by atoms with van der Waals surface area (Å²) in [6.45, 7) is 9.41. The molecule has 4 aromatic rings. The van der Waals surface area contributed by atoms with Crippen molar-refractivity contribution in [2.75, 3.05) is 39.3 Å². The SMILES string of the molecule is C=C1CCC(N2C(=O)c3ccc(C4CCN(C5CCN(CCOc6ccc([C@@H]7c8ccc(O)cc8CC[C@@H]7c7ccc(F)cc7)cc6)CC5)CC4)cc3C2=O)C(=O)N1. The number of carbonyl (C=O) groups excluding carboxylic acids is 3. The van der Waals surface area contributed by atoms with Gasteiger partial charge in [0.2, 0.25) is 5.91 Å². The number of fused-ring (bicyclic) bond motifs is 2. The average Bonchev–Trinajstić information content (AvgIpc) is 3.49. The molecular formula is C48H51FN4O5. The summed E-state index contributed by atoms with van der Waals surface area (Å²) in [5.74, 6) is 0.435. The Bertz CT molecular complexity index is 2210. The summed E-state index contributed by atoms with van der Waals surface area (Å²) in [5, 5.41) is 12.9. The second-order valence-electron chi connectivity index (χ2n) is 16.8. The third-order valence-corrected chi connectivity index (χ3v) is 13.5. The molecule has 10 heteroatoms. The van der Waals surface area contributed by atoms with E-state index in [9.17, 15) is 23.9 Å². The smallest absolute Gasteiger partial charge is 0.262 e. The number of rotatable bonds is 9. The number of phenolic OH excluding ortho intramolecular Hbond substituents is 1. The van der Waals surface area contributed by atoms with Gasteiger partial charge in [-0.1, -0.05) is 43.0 Å². The molecule has 0 aromatic heterocycles. The molecule has 4 aliphatic heterocycles. The molecule has 4 aromatic carbocycles. The number of aromatic hydroxyl groups is 1. The summed E-state index contributed by atoms with van der Waals surface area (Å²) in [6, 6.07) is 26.5. The maximum Gasteiger partial charge on any atom is 0.262 e. The summed E-state index contributed by atoms with van der Waals surface area (Å²) in [4.78, 5) is 45.5. The Hall–Kier alpha value is -5.32. The molecule has 2 N–H and O–H groups in total. The van der Waals surface area contributed by atoms with E-state index in [2.05, 4.69) is 46.0 Å². The molecule has 58 heavy (non-hydrogen) atoms. The first-order valence-corrected chi connectivity index (χ1v) is 21.0. The van der Waals surface area contributed by atoms with Gasteiger partial charge in [-0.3, -0.25) is 24.2 Å². The molecule has 1 unspecified atom stereocenters. The molecule has 0 bridgehead atoms. The van der Waals surface area contributed by atoms with Gasteiger partial charge in [0, 0.05) is 24.2 Å². The Balaban J connectivity index is 0.744. The lowest BCUT2D eigenvalue weighted by Crippen LogP contribution is -2.51. The van der Waals surface area contributed by atoms with E-state index in [1.54, 1.807) is 24.3 Å². The lowest BCUT2D eigenvalue weighted by Gasteiger charge is -2.42. The summed E-state index contributed by atoms with van der Waals surface area (Å²) in [5.41, 5.74) is 7.21. The first kappa shape index (κ1) is 38.2. The minimum Gasteiger partial charge on any atom is -0.508 e. The summed E-state index contributed by atoms with van der Waals surface area (Å²) >= 11 is 0. The molecule has 9 nitrogen and oxygen atoms in total. The Morgan fingerprint density at radius 3 is 2.19 bits per heavy atom. The molecule has 9 rings (SSSR count). The van der Waals surface area contributed by atoms with Crippen LogP contribution in [-0.4, -0.2) is 88.9 Å². The van der Waals surface area contributed by atoms with Crippen LogP contribution in [0.15, 0.2) is 97.2 Å². The number of imide groups is 1. The summed E-state index contributed by atoms with van der Waals surface area (Å²) in [6.07, 6.45) is 7.01. The van der Waals surface area contributed by atoms with E-state index in [1.807, 2.05) is 36.4 Å². The zero-order chi connectivity index (χ0) is 39.9. The predicted molar refractivity (Wildman–Crippen MR) is 220 cm³/mol. The molecule has 3 saturated heterocycles. The lowest BCUT2D eigenvalue weighted by molar-refractivity contribution is -0.125. The van der Waals surface area contributed by atoms with Gasteiger partial charge in [-0.2, -0.15) is 0 Å². The molecule has 1 aliphatic carbocycles. The topological polar surface area (TPSA) is 102 Å². The molecule has 5 aliphatic rings. The van der Waals surface area contributed by atoms with Gasteiger partial charge in [-0.25, -0.2) is 4.39 Å². The number of hydrogen-bond donors (Lipinski definition) is 2. The van der Waals surface area contributed by atoms with E-state index in [1.165, 1.54) is 16.7 Å². The third kappa shape index (κ3) is 7.55. The van der Waals surface area contributed by atoms with Gasteiger partial charge in [0.05, 0.1) is 11.1 Å². The lowest BCUT2D eigenvalue weighted by atomic mass is 9.69. The largest absolute Gasteiger partial charge is 0.508 e. The monoisotopic (exact) mass is 782 g/mol. The first-order chi connectivity index (χ1) is 28.2. The van der Waals surface area contributed by atoms with Crippen LogP contribution >= 0.6 is 0 Å². The number of ether oxygens (including phenoxy) is 1. The van der Waals surface area contributed by atoms with Crippen molar-refractivity contribution in [1.29, 1.82) is 0 Å². The van der Waals surface area contributed by atoms with Crippen LogP contribution in [0, 0.1) is 5.82 Å². The highest BCUT2D eigenvalue weighted by Gasteiger charge is 2.44. The zero-order valence-corrected chi connectivity index (χ0v) is 32.9. The van der Waals surface area contributed by atoms with Crippen molar-refractivity contribution in [2.24, 2.45) is 0 Å². The van der Waals surface area contributed by atoms with Crippen LogP contribution in [0.3, 0.4) is 0 Å². The number of nitrogens with zero attached hydrogens (tertiary/aromatic N) is 3. The number of hydrogen-bond acceptors (Lipinski definition) is 7. The summed E-state index contributed by atoms with van der Waals surface area (Å²) in [7, 11) is 0. The minimum atomic E-state index is -0.796. The van der Waals surface area contributed by atoms with Crippen molar-refractivity contribution in [1.82, 2.24) is 20.0 Å². The normalized spacial score (nSPS) is 23.5. The van der Waals surface area contributed by atoms with Gasteiger partial charge in [0.1, 0.15) is 30.0 Å². The molecule has 4 heterocycles. The van der Waals surface area contributed by atoms with Crippen LogP contribution in [0.1, 0.15) is 111 Å². The van der Waals surface area contributed by atoms with E-state index < -0.39 is 6.04 Å². The average molecular weight is 783 g/mol. The van der Waals surface area contributed by atoms with Crippen molar-refractivity contribution >= 4 is 17.7 Å². The van der Waals surface area contributed by atoms with E-state index >= 15 is 0 Å². The molecule has 0 radical (unpaired) electrons. The first-order valence-electron chi connectivity index (χ1n) is 21.0. The number of benzene rings is 4. The quantitative estimate of drug-likeness (QED) is 0.170. The number of aryl methyl sites for hydroxylation is 1. The fourth-order valence-electron chi connectivity index (χ4n) is 10.3. The maximum atomic E-state index is 13.8. The number of halogens is 1. The van der Waals surface area contributed by atoms with Gasteiger partial charge < -0.3 is 20.1 Å². The molecule has 300 valence electrons. The van der Waals surface area contributed by atoms with E-state index in [-0.39, 0.29) is 41.1 Å². The molecular weight excluding hydrogens is 732 g/mol. The van der Waals surface area contributed by atoms with Crippen LogP contribution in [0.25, 0.3) is 0 Å². The Morgan fingerprint density at radius 2 is 1.45 bits per heavy atom. The van der Waals surface area contributed by atoms with Crippen molar-refractivity contribution in [3.8, 4) is 11.5 Å². The second-order valence-corrected chi connectivity index (χ2v) is 16.8. The number of allylic oxidation sites excluding steroid dienone is 1. The number of amides is 3. The Morgan fingerprint density at radius 1 is 0.741 bits per heavy atom. The number of piperidine rings is 3. The van der Waals surface area contributed by atoms with Gasteiger partial charge in [-0.05, 0) is 166 Å². The fourth-order valence-corrected chi connectivity index (χ4v) is 10.3. The Labute approximate surface area is 339 Å². The molecule has 0 saturated carbocycles. The van der Waals surface area contributed by atoms with Gasteiger partial charge in [0.15, 0.2) is 0 Å². The van der Waals surface area contributed by atoms with Crippen LogP contribution in [0.2, 0.25) is 0 Å². The minimum absolute atomic E-state index is 0.0962. The Kier molecular flexibility index (Phi) is 10.6. The second kappa shape index (κ2) is 16.1. The number of nitrogens with one attached hydrogen (secondary N) is 1. The molecule has 3 amide bonds. The summed E-state index contributed by atoms with van der Waals surface area (Å²) < 4.78 is 20.1. The predicted octanol–water partition coefficient (Wildman–Crippen LogP) is 7.50. The fraction of sp³-hybridized carbons (Fsp3) is 0.396. The zero-order valence-electron chi connectivity index (χ0n) is 32.9. The molecule has 3 fully saturated rings. The maximum absolute atomic E-state index is 13.8. The third-order valence-electron chi connectivity index (χ3n) is 13.5. The van der Waals surface area contributed by atoms with Crippen LogP contribution in [0.4, 0.5) is 4.39 Å². The van der Waals surface area contributed by atoms with Crippen LogP contribution < -0.4 is 10.1 Å². The number of carbonyl (C=O) groups is 3. The van der Waals surface area contributed by atoms with Crippen molar-refractivity contribution in [3.05, 3.63) is 142 Å². The van der Waals surface area contributed by atoms with Gasteiger partial charge >= 0.3 is 0 Å². The van der Waals surface area contributed by atoms with Crippen molar-refractivity contribution in [3.63, 3.8) is 0 Å². The van der Waals surface area contributed by atoms with Crippen LogP contribution in [0.5, 0.6) is 11.5 Å². The molecule has 3 atom stereocenters. The van der Waals surface area contributed by atoms with E-state index in [0.717, 1.165) is 93.0 Å². The molecule has 0 spiro atoms. The highest BCUT2D eigenvalue weighted by atomic mass is 19.1. The highest BCUT2D eigenvalue weighted by molar-refractivity contribution is 6.23. The number of phenols is 1. The van der Waals surface area contributed by atoms with E-state index in [0.29, 0.717) is 48.2 Å². The van der Waals surface area contributed by atoms with Crippen LogP contribution in [-0.2, 0) is 11.2 Å². The van der Waals surface area contributed by atoms with Gasteiger partial charge in [0.25, 0.3) is 11.8 Å². The van der Waals surface area contributed by atoms with Crippen molar-refractivity contribution < 1.29 is 28.6 Å². The number of likely N-dealkylation sites (tertiary alicyclic amines) is 2. The van der Waals surface area contributed by atoms with Gasteiger partial charge in [-0.15, -0.1) is 0 Å². The van der Waals surface area contributed by atoms with Crippen molar-refractivity contribution in [2.45, 2.75) is 81.2 Å².